The molecule has 1 N–H and O–H groups in total. The smallest absolute Gasteiger partial charge is 0.130 e. The third-order valence-corrected chi connectivity index (χ3v) is 4.14. The van der Waals surface area contributed by atoms with E-state index in [1.165, 1.54) is 12.1 Å². The van der Waals surface area contributed by atoms with Crippen LogP contribution in [0.1, 0.15) is 12.8 Å². The Balaban J connectivity index is 1.88. The van der Waals surface area contributed by atoms with Gasteiger partial charge in [-0.3, -0.25) is 0 Å². The van der Waals surface area contributed by atoms with Crippen LogP contribution in [0.5, 0.6) is 0 Å². The maximum absolute atomic E-state index is 13.0. The number of hydrogen-bond donors (Lipinski definition) is 1. The Morgan fingerprint density at radius 1 is 1.19 bits per heavy atom. The highest BCUT2D eigenvalue weighted by molar-refractivity contribution is 6.21. The molecule has 0 bridgehead atoms. The van der Waals surface area contributed by atoms with Crippen molar-refractivity contribution in [3.63, 3.8) is 0 Å². The Labute approximate surface area is 128 Å². The standard InChI is InChI=1S/C16H16ClFN2O/c17-15-10-14(21)6-8-20(15)16-9-12(5-7-19-16)11-1-3-13(18)4-2-11/h1-5,7,9,14-15,21H,6,8,10H2. The van der Waals surface area contributed by atoms with Crippen molar-refractivity contribution in [3.8, 4) is 11.1 Å². The van der Waals surface area contributed by atoms with Gasteiger partial charge in [0.2, 0.25) is 0 Å². The Bertz CT molecular complexity index is 620. The van der Waals surface area contributed by atoms with E-state index in [1.807, 2.05) is 17.0 Å². The summed E-state index contributed by atoms with van der Waals surface area (Å²) in [6.45, 7) is 0.676. The van der Waals surface area contributed by atoms with E-state index < -0.39 is 0 Å². The van der Waals surface area contributed by atoms with Crippen molar-refractivity contribution in [2.45, 2.75) is 24.4 Å². The fourth-order valence-corrected chi connectivity index (χ4v) is 2.96. The summed E-state index contributed by atoms with van der Waals surface area (Å²) in [6, 6.07) is 10.2. The third kappa shape index (κ3) is 3.17. The lowest BCUT2D eigenvalue weighted by molar-refractivity contribution is 0.140. The van der Waals surface area contributed by atoms with E-state index >= 15 is 0 Å². The van der Waals surface area contributed by atoms with Crippen molar-refractivity contribution in [2.24, 2.45) is 0 Å². The van der Waals surface area contributed by atoms with Gasteiger partial charge in [0.1, 0.15) is 17.1 Å². The summed E-state index contributed by atoms with van der Waals surface area (Å²) in [5.41, 5.74) is 1.64. The number of benzene rings is 1. The van der Waals surface area contributed by atoms with Crippen molar-refractivity contribution in [2.75, 3.05) is 11.4 Å². The topological polar surface area (TPSA) is 36.4 Å². The molecular weight excluding hydrogens is 291 g/mol. The molecule has 21 heavy (non-hydrogen) atoms. The zero-order chi connectivity index (χ0) is 14.8. The van der Waals surface area contributed by atoms with Crippen molar-refractivity contribution >= 4 is 17.4 Å². The summed E-state index contributed by atoms with van der Waals surface area (Å²) in [4.78, 5) is 6.35. The van der Waals surface area contributed by atoms with Crippen LogP contribution in [0.25, 0.3) is 11.1 Å². The highest BCUT2D eigenvalue weighted by Gasteiger charge is 2.26. The first-order valence-corrected chi connectivity index (χ1v) is 7.38. The number of pyridine rings is 1. The molecule has 0 amide bonds. The number of piperidine rings is 1. The van der Waals surface area contributed by atoms with E-state index in [4.69, 9.17) is 11.6 Å². The van der Waals surface area contributed by atoms with Gasteiger partial charge in [0.25, 0.3) is 0 Å². The van der Waals surface area contributed by atoms with Crippen LogP contribution in [0.4, 0.5) is 10.2 Å². The van der Waals surface area contributed by atoms with E-state index in [0.29, 0.717) is 19.4 Å². The predicted octanol–water partition coefficient (Wildman–Crippen LogP) is 3.41. The number of nitrogens with zero attached hydrogens (tertiary/aromatic N) is 2. The monoisotopic (exact) mass is 306 g/mol. The molecular formula is C16H16ClFN2O. The lowest BCUT2D eigenvalue weighted by Gasteiger charge is -2.35. The fraction of sp³-hybridized carbons (Fsp3) is 0.312. The van der Waals surface area contributed by atoms with Gasteiger partial charge in [0, 0.05) is 19.2 Å². The Morgan fingerprint density at radius 2 is 1.95 bits per heavy atom. The molecule has 2 atom stereocenters. The van der Waals surface area contributed by atoms with Gasteiger partial charge in [-0.25, -0.2) is 9.37 Å². The maximum atomic E-state index is 13.0. The molecule has 3 nitrogen and oxygen atoms in total. The summed E-state index contributed by atoms with van der Waals surface area (Å²) >= 11 is 6.31. The molecule has 0 radical (unpaired) electrons. The number of rotatable bonds is 2. The molecule has 2 heterocycles. The number of aliphatic hydroxyl groups is 1. The number of anilines is 1. The first-order chi connectivity index (χ1) is 10.1. The van der Waals surface area contributed by atoms with Crippen molar-refractivity contribution in [3.05, 3.63) is 48.4 Å². The molecule has 3 rings (SSSR count). The van der Waals surface area contributed by atoms with E-state index in [1.54, 1.807) is 18.3 Å². The van der Waals surface area contributed by atoms with Gasteiger partial charge in [-0.05, 0) is 41.8 Å². The third-order valence-electron chi connectivity index (χ3n) is 3.73. The first-order valence-electron chi connectivity index (χ1n) is 6.94. The molecule has 5 heteroatoms. The predicted molar refractivity (Wildman–Crippen MR) is 81.9 cm³/mol. The van der Waals surface area contributed by atoms with Gasteiger partial charge in [0.05, 0.1) is 6.10 Å². The summed E-state index contributed by atoms with van der Waals surface area (Å²) in [7, 11) is 0. The molecule has 1 fully saturated rings. The molecule has 2 unspecified atom stereocenters. The van der Waals surface area contributed by atoms with Crippen LogP contribution in [0, 0.1) is 5.82 Å². The Morgan fingerprint density at radius 3 is 2.67 bits per heavy atom. The molecule has 1 aliphatic rings. The molecule has 1 aliphatic heterocycles. The summed E-state index contributed by atoms with van der Waals surface area (Å²) in [5, 5.41) is 9.64. The lowest BCUT2D eigenvalue weighted by Crippen LogP contribution is -2.41. The Kier molecular flexibility index (Phi) is 4.08. The number of aromatic nitrogens is 1. The minimum Gasteiger partial charge on any atom is -0.393 e. The van der Waals surface area contributed by atoms with Gasteiger partial charge in [-0.1, -0.05) is 23.7 Å². The zero-order valence-electron chi connectivity index (χ0n) is 11.4. The van der Waals surface area contributed by atoms with Gasteiger partial charge < -0.3 is 10.0 Å². The molecule has 110 valence electrons. The molecule has 1 saturated heterocycles. The summed E-state index contributed by atoms with van der Waals surface area (Å²) < 4.78 is 13.0. The largest absolute Gasteiger partial charge is 0.393 e. The lowest BCUT2D eigenvalue weighted by atomic mass is 10.1. The van der Waals surface area contributed by atoms with Gasteiger partial charge >= 0.3 is 0 Å². The molecule has 0 spiro atoms. The second-order valence-corrected chi connectivity index (χ2v) is 5.72. The van der Waals surface area contributed by atoms with E-state index in [2.05, 4.69) is 4.98 Å². The zero-order valence-corrected chi connectivity index (χ0v) is 12.2. The molecule has 1 aromatic heterocycles. The maximum Gasteiger partial charge on any atom is 0.130 e. The fourth-order valence-electron chi connectivity index (χ4n) is 2.55. The highest BCUT2D eigenvalue weighted by atomic mass is 35.5. The van der Waals surface area contributed by atoms with Gasteiger partial charge in [-0.15, -0.1) is 0 Å². The van der Waals surface area contributed by atoms with E-state index in [0.717, 1.165) is 16.9 Å². The van der Waals surface area contributed by atoms with Crippen LogP contribution >= 0.6 is 11.6 Å². The number of alkyl halides is 1. The van der Waals surface area contributed by atoms with E-state index in [-0.39, 0.29) is 17.4 Å². The second-order valence-electron chi connectivity index (χ2n) is 5.22. The Hall–Kier alpha value is -1.65. The van der Waals surface area contributed by atoms with Gasteiger partial charge in [0.15, 0.2) is 0 Å². The minimum absolute atomic E-state index is 0.251. The van der Waals surface area contributed by atoms with Crippen LogP contribution < -0.4 is 4.90 Å². The van der Waals surface area contributed by atoms with Crippen molar-refractivity contribution in [1.29, 1.82) is 0 Å². The first kappa shape index (κ1) is 14.3. The van der Waals surface area contributed by atoms with Crippen LogP contribution in [-0.2, 0) is 0 Å². The number of halogens is 2. The molecule has 0 saturated carbocycles. The highest BCUT2D eigenvalue weighted by Crippen LogP contribution is 2.29. The summed E-state index contributed by atoms with van der Waals surface area (Å²) in [6.07, 6.45) is 2.60. The van der Waals surface area contributed by atoms with Crippen molar-refractivity contribution < 1.29 is 9.50 Å². The second kappa shape index (κ2) is 6.00. The SMILES string of the molecule is OC1CCN(c2cc(-c3ccc(F)cc3)ccn2)C(Cl)C1. The average molecular weight is 307 g/mol. The average Bonchev–Trinajstić information content (AvgIpc) is 2.48. The van der Waals surface area contributed by atoms with Crippen LogP contribution in [-0.4, -0.2) is 28.2 Å². The van der Waals surface area contributed by atoms with E-state index in [9.17, 15) is 9.50 Å². The van der Waals surface area contributed by atoms with Crippen LogP contribution in [0.3, 0.4) is 0 Å². The van der Waals surface area contributed by atoms with Crippen LogP contribution in [0.15, 0.2) is 42.6 Å². The summed E-state index contributed by atoms with van der Waals surface area (Å²) in [5.74, 6) is 0.530. The number of aliphatic hydroxyl groups excluding tert-OH is 1. The van der Waals surface area contributed by atoms with Crippen molar-refractivity contribution in [1.82, 2.24) is 4.98 Å². The minimum atomic E-state index is -0.343. The molecule has 0 aliphatic carbocycles. The van der Waals surface area contributed by atoms with Crippen LogP contribution in [0.2, 0.25) is 0 Å². The quantitative estimate of drug-likeness (QED) is 0.682. The molecule has 2 aromatic rings. The van der Waals surface area contributed by atoms with Gasteiger partial charge in [-0.2, -0.15) is 0 Å². The normalized spacial score (nSPS) is 22.3. The molecule has 1 aromatic carbocycles. The number of hydrogen-bond acceptors (Lipinski definition) is 3.